The van der Waals surface area contributed by atoms with Crippen molar-refractivity contribution in [3.63, 3.8) is 0 Å². The van der Waals surface area contributed by atoms with E-state index in [1.165, 1.54) is 6.07 Å². The predicted octanol–water partition coefficient (Wildman–Crippen LogP) is 1.53. The average Bonchev–Trinajstić information content (AvgIpc) is 2.56. The molecule has 2 aromatic rings. The quantitative estimate of drug-likeness (QED) is 0.827. The van der Waals surface area contributed by atoms with Crippen molar-refractivity contribution in [2.24, 2.45) is 7.05 Å². The fourth-order valence-electron chi connectivity index (χ4n) is 2.74. The summed E-state index contributed by atoms with van der Waals surface area (Å²) < 4.78 is 12.5. The lowest BCUT2D eigenvalue weighted by Gasteiger charge is -2.39. The van der Waals surface area contributed by atoms with E-state index in [4.69, 9.17) is 9.47 Å². The predicted molar refractivity (Wildman–Crippen MR) is 94.1 cm³/mol. The van der Waals surface area contributed by atoms with E-state index in [1.807, 2.05) is 37.3 Å². The Labute approximate surface area is 146 Å². The number of hydrogen-bond acceptors (Lipinski definition) is 4. The Morgan fingerprint density at radius 1 is 1.16 bits per heavy atom. The molecule has 25 heavy (non-hydrogen) atoms. The zero-order valence-electron chi connectivity index (χ0n) is 14.7. The topological polar surface area (TPSA) is 60.8 Å². The molecule has 0 unspecified atom stereocenters. The molecular weight excluding hydrogens is 320 g/mol. The van der Waals surface area contributed by atoms with Crippen molar-refractivity contribution in [1.82, 2.24) is 9.47 Å². The molecule has 0 radical (unpaired) electrons. The highest BCUT2D eigenvalue weighted by Gasteiger charge is 2.32. The summed E-state index contributed by atoms with van der Waals surface area (Å²) in [6.07, 6.45) is 0.299. The third kappa shape index (κ3) is 3.84. The van der Waals surface area contributed by atoms with Crippen LogP contribution in [0, 0.1) is 6.92 Å². The molecule has 0 N–H and O–H groups in total. The van der Waals surface area contributed by atoms with E-state index < -0.39 is 0 Å². The second kappa shape index (κ2) is 7.01. The van der Waals surface area contributed by atoms with Gasteiger partial charge in [-0.1, -0.05) is 12.1 Å². The van der Waals surface area contributed by atoms with Crippen molar-refractivity contribution in [2.45, 2.75) is 19.4 Å². The summed E-state index contributed by atoms with van der Waals surface area (Å²) in [7, 11) is 3.34. The lowest BCUT2D eigenvalue weighted by atomic mass is 10.1. The van der Waals surface area contributed by atoms with Crippen LogP contribution in [0.25, 0.3) is 0 Å². The van der Waals surface area contributed by atoms with Gasteiger partial charge in [0.05, 0.1) is 26.6 Å². The summed E-state index contributed by atoms with van der Waals surface area (Å²) in [6.45, 7) is 2.95. The number of pyridine rings is 1. The van der Waals surface area contributed by atoms with Gasteiger partial charge in [-0.2, -0.15) is 0 Å². The number of hydrogen-bond donors (Lipinski definition) is 0. The van der Waals surface area contributed by atoms with E-state index in [0.29, 0.717) is 25.3 Å². The highest BCUT2D eigenvalue weighted by atomic mass is 16.5. The molecule has 1 fully saturated rings. The molecule has 1 saturated heterocycles. The number of carbonyl (C=O) groups excluding carboxylic acids is 1. The minimum atomic E-state index is -0.0956. The van der Waals surface area contributed by atoms with Crippen molar-refractivity contribution in [1.29, 1.82) is 0 Å². The largest absolute Gasteiger partial charge is 0.497 e. The van der Waals surface area contributed by atoms with Crippen LogP contribution in [-0.4, -0.2) is 41.7 Å². The number of amides is 1. The molecule has 1 aliphatic rings. The highest BCUT2D eigenvalue weighted by Crippen LogP contribution is 2.19. The first-order valence-electron chi connectivity index (χ1n) is 8.21. The van der Waals surface area contributed by atoms with Gasteiger partial charge in [-0.3, -0.25) is 9.59 Å². The lowest BCUT2D eigenvalue weighted by Crippen LogP contribution is -2.56. The maximum atomic E-state index is 12.3. The number of benzene rings is 1. The number of aromatic nitrogens is 1. The Morgan fingerprint density at radius 2 is 1.84 bits per heavy atom. The summed E-state index contributed by atoms with van der Waals surface area (Å²) in [5.41, 5.74) is 1.70. The molecule has 132 valence electrons. The fraction of sp³-hybridized carbons (Fsp3) is 0.368. The number of aryl methyl sites for hydroxylation is 1. The highest BCUT2D eigenvalue weighted by molar-refractivity contribution is 5.79. The lowest BCUT2D eigenvalue weighted by molar-refractivity contribution is -0.139. The fourth-order valence-corrected chi connectivity index (χ4v) is 2.74. The summed E-state index contributed by atoms with van der Waals surface area (Å²) >= 11 is 0. The van der Waals surface area contributed by atoms with E-state index in [-0.39, 0.29) is 17.6 Å². The number of carbonyl (C=O) groups is 1. The Morgan fingerprint density at radius 3 is 2.44 bits per heavy atom. The van der Waals surface area contributed by atoms with Gasteiger partial charge in [0.2, 0.25) is 5.91 Å². The van der Waals surface area contributed by atoms with Crippen molar-refractivity contribution >= 4 is 5.91 Å². The van der Waals surface area contributed by atoms with Crippen LogP contribution in [0.2, 0.25) is 0 Å². The van der Waals surface area contributed by atoms with Gasteiger partial charge >= 0.3 is 0 Å². The Kier molecular flexibility index (Phi) is 4.79. The van der Waals surface area contributed by atoms with E-state index in [9.17, 15) is 9.59 Å². The van der Waals surface area contributed by atoms with E-state index in [0.717, 1.165) is 17.0 Å². The molecule has 0 spiro atoms. The van der Waals surface area contributed by atoms with Crippen molar-refractivity contribution in [3.8, 4) is 11.5 Å². The first-order chi connectivity index (χ1) is 12.0. The molecule has 3 rings (SSSR count). The Hall–Kier alpha value is -2.76. The summed E-state index contributed by atoms with van der Waals surface area (Å²) in [6, 6.07) is 10.8. The molecule has 0 bridgehead atoms. The molecule has 0 saturated carbocycles. The SMILES string of the molecule is COc1ccc(CC(=O)N2CC(Oc3cc(C)n(C)c(=O)c3)C2)cc1. The van der Waals surface area contributed by atoms with Crippen LogP contribution in [-0.2, 0) is 18.3 Å². The summed E-state index contributed by atoms with van der Waals surface area (Å²) in [4.78, 5) is 25.8. The van der Waals surface area contributed by atoms with Crippen LogP contribution in [0.15, 0.2) is 41.2 Å². The molecule has 6 nitrogen and oxygen atoms in total. The van der Waals surface area contributed by atoms with Gasteiger partial charge in [0.15, 0.2) is 0 Å². The Bertz CT molecular complexity index is 820. The van der Waals surface area contributed by atoms with Gasteiger partial charge in [-0.15, -0.1) is 0 Å². The molecule has 1 aliphatic heterocycles. The molecule has 1 amide bonds. The number of ether oxygens (including phenoxy) is 2. The number of methoxy groups -OCH3 is 1. The normalized spacial score (nSPS) is 14.1. The van der Waals surface area contributed by atoms with Gasteiger partial charge in [0.1, 0.15) is 17.6 Å². The van der Waals surface area contributed by atoms with Crippen molar-refractivity contribution in [2.75, 3.05) is 20.2 Å². The monoisotopic (exact) mass is 342 g/mol. The Balaban J connectivity index is 1.51. The molecule has 1 aromatic heterocycles. The third-order valence-electron chi connectivity index (χ3n) is 4.49. The molecule has 2 heterocycles. The summed E-state index contributed by atoms with van der Waals surface area (Å²) in [5, 5.41) is 0. The molecule has 6 heteroatoms. The van der Waals surface area contributed by atoms with Gasteiger partial charge in [0.25, 0.3) is 5.56 Å². The number of nitrogens with zero attached hydrogens (tertiary/aromatic N) is 2. The summed E-state index contributed by atoms with van der Waals surface area (Å²) in [5.74, 6) is 1.41. The van der Waals surface area contributed by atoms with Gasteiger partial charge in [-0.25, -0.2) is 0 Å². The number of likely N-dealkylation sites (tertiary alicyclic amines) is 1. The first kappa shape index (κ1) is 17.1. The van der Waals surface area contributed by atoms with Gasteiger partial charge in [0, 0.05) is 18.8 Å². The van der Waals surface area contributed by atoms with Crippen molar-refractivity contribution in [3.05, 3.63) is 58.0 Å². The van der Waals surface area contributed by atoms with Crippen LogP contribution in [0.1, 0.15) is 11.3 Å². The van der Waals surface area contributed by atoms with Crippen molar-refractivity contribution < 1.29 is 14.3 Å². The van der Waals surface area contributed by atoms with Crippen LogP contribution in [0.4, 0.5) is 0 Å². The average molecular weight is 342 g/mol. The van der Waals surface area contributed by atoms with Gasteiger partial charge in [-0.05, 0) is 30.7 Å². The van der Waals surface area contributed by atoms with Crippen LogP contribution < -0.4 is 15.0 Å². The molecular formula is C19H22N2O4. The minimum Gasteiger partial charge on any atom is -0.497 e. The minimum absolute atomic E-state index is 0.0636. The standard InChI is InChI=1S/C19H22N2O4/c1-13-8-16(10-18(22)20(13)2)25-17-11-21(12-17)19(23)9-14-4-6-15(24-3)7-5-14/h4-8,10,17H,9,11-12H2,1-3H3. The van der Waals surface area contributed by atoms with Crippen LogP contribution in [0.3, 0.4) is 0 Å². The van der Waals surface area contributed by atoms with E-state index in [2.05, 4.69) is 0 Å². The smallest absolute Gasteiger partial charge is 0.254 e. The first-order valence-corrected chi connectivity index (χ1v) is 8.21. The maximum absolute atomic E-state index is 12.3. The van der Waals surface area contributed by atoms with Crippen LogP contribution >= 0.6 is 0 Å². The second-order valence-electron chi connectivity index (χ2n) is 6.29. The molecule has 0 atom stereocenters. The number of rotatable bonds is 5. The van der Waals surface area contributed by atoms with Gasteiger partial charge < -0.3 is 18.9 Å². The third-order valence-corrected chi connectivity index (χ3v) is 4.49. The van der Waals surface area contributed by atoms with E-state index >= 15 is 0 Å². The van der Waals surface area contributed by atoms with Crippen LogP contribution in [0.5, 0.6) is 11.5 Å². The zero-order valence-corrected chi connectivity index (χ0v) is 14.7. The molecule has 0 aliphatic carbocycles. The second-order valence-corrected chi connectivity index (χ2v) is 6.29. The van der Waals surface area contributed by atoms with E-state index in [1.54, 1.807) is 23.6 Å². The molecule has 1 aromatic carbocycles. The maximum Gasteiger partial charge on any atom is 0.254 e. The zero-order chi connectivity index (χ0) is 18.0.